The molecule has 5 heteroatoms. The lowest BCUT2D eigenvalue weighted by atomic mass is 9.88. The molecule has 1 N–H and O–H groups in total. The minimum atomic E-state index is -0.285. The number of aryl methyl sites for hydroxylation is 1. The van der Waals surface area contributed by atoms with Crippen molar-refractivity contribution >= 4 is 24.0 Å². The van der Waals surface area contributed by atoms with Crippen LogP contribution in [0.3, 0.4) is 0 Å². The Kier molecular flexibility index (Phi) is 5.20. The first-order valence-corrected chi connectivity index (χ1v) is 5.94. The first-order valence-electron chi connectivity index (χ1n) is 5.56. The van der Waals surface area contributed by atoms with E-state index in [1.165, 1.54) is 0 Å². The van der Waals surface area contributed by atoms with Crippen LogP contribution in [0.15, 0.2) is 12.3 Å². The molecule has 0 amide bonds. The van der Waals surface area contributed by atoms with Crippen LogP contribution >= 0.6 is 24.0 Å². The summed E-state index contributed by atoms with van der Waals surface area (Å²) in [7, 11) is 1.75. The van der Waals surface area contributed by atoms with E-state index >= 15 is 0 Å². The number of rotatable bonds is 2. The van der Waals surface area contributed by atoms with Crippen molar-refractivity contribution in [2.75, 3.05) is 20.2 Å². The number of piperidine rings is 1. The Morgan fingerprint density at radius 3 is 2.82 bits per heavy atom. The predicted octanol–water partition coefficient (Wildman–Crippen LogP) is 2.69. The monoisotopic (exact) mass is 276 g/mol. The molecule has 1 atom stereocenters. The highest BCUT2D eigenvalue weighted by molar-refractivity contribution is 6.30. The van der Waals surface area contributed by atoms with Crippen LogP contribution in [0.25, 0.3) is 0 Å². The van der Waals surface area contributed by atoms with E-state index in [1.807, 2.05) is 13.0 Å². The first-order chi connectivity index (χ1) is 7.68. The SMILES string of the molecule is COC1(c2ncc(Cl)cc2C)CCCNC1.Cl. The third-order valence-corrected chi connectivity index (χ3v) is 3.42. The number of nitrogens with zero attached hydrogens (tertiary/aromatic N) is 1. The van der Waals surface area contributed by atoms with Crippen molar-refractivity contribution in [3.05, 3.63) is 28.5 Å². The standard InChI is InChI=1S/C12H17ClN2O.ClH/c1-9-6-10(13)7-15-11(9)12(16-2)4-3-5-14-8-12;/h6-7,14H,3-5,8H2,1-2H3;1H. The van der Waals surface area contributed by atoms with Gasteiger partial charge < -0.3 is 10.1 Å². The summed E-state index contributed by atoms with van der Waals surface area (Å²) in [6.07, 6.45) is 3.81. The number of hydrogen-bond acceptors (Lipinski definition) is 3. The topological polar surface area (TPSA) is 34.1 Å². The van der Waals surface area contributed by atoms with Crippen molar-refractivity contribution in [2.45, 2.75) is 25.4 Å². The van der Waals surface area contributed by atoms with Crippen LogP contribution in [0, 0.1) is 6.92 Å². The number of pyridine rings is 1. The average Bonchev–Trinajstić information content (AvgIpc) is 2.30. The van der Waals surface area contributed by atoms with Crippen molar-refractivity contribution in [1.29, 1.82) is 0 Å². The zero-order valence-corrected chi connectivity index (χ0v) is 11.7. The van der Waals surface area contributed by atoms with Crippen LogP contribution in [-0.2, 0) is 10.3 Å². The van der Waals surface area contributed by atoms with E-state index in [2.05, 4.69) is 10.3 Å². The summed E-state index contributed by atoms with van der Waals surface area (Å²) in [5.41, 5.74) is 1.82. The van der Waals surface area contributed by atoms with E-state index in [4.69, 9.17) is 16.3 Å². The van der Waals surface area contributed by atoms with Crippen molar-refractivity contribution in [3.63, 3.8) is 0 Å². The highest BCUT2D eigenvalue weighted by Gasteiger charge is 2.36. The third kappa shape index (κ3) is 2.91. The van der Waals surface area contributed by atoms with Gasteiger partial charge in [-0.3, -0.25) is 4.98 Å². The van der Waals surface area contributed by atoms with Gasteiger partial charge in [0.2, 0.25) is 0 Å². The van der Waals surface area contributed by atoms with E-state index in [-0.39, 0.29) is 18.0 Å². The van der Waals surface area contributed by atoms with Gasteiger partial charge in [-0.2, -0.15) is 0 Å². The van der Waals surface area contributed by atoms with Gasteiger partial charge >= 0.3 is 0 Å². The molecular weight excluding hydrogens is 259 g/mol. The quantitative estimate of drug-likeness (QED) is 0.902. The first kappa shape index (κ1) is 14.7. The van der Waals surface area contributed by atoms with Gasteiger partial charge in [-0.25, -0.2) is 0 Å². The number of nitrogens with one attached hydrogen (secondary N) is 1. The highest BCUT2D eigenvalue weighted by atomic mass is 35.5. The lowest BCUT2D eigenvalue weighted by Gasteiger charge is -2.36. The fourth-order valence-corrected chi connectivity index (χ4v) is 2.58. The summed E-state index contributed by atoms with van der Waals surface area (Å²) < 4.78 is 5.72. The smallest absolute Gasteiger partial charge is 0.122 e. The fraction of sp³-hybridized carbons (Fsp3) is 0.583. The molecular formula is C12H18Cl2N2O. The second kappa shape index (κ2) is 6.01. The molecule has 1 aliphatic rings. The summed E-state index contributed by atoms with van der Waals surface area (Å²) in [6.45, 7) is 3.90. The molecule has 1 aliphatic heterocycles. The summed E-state index contributed by atoms with van der Waals surface area (Å²) in [5.74, 6) is 0. The maximum Gasteiger partial charge on any atom is 0.122 e. The van der Waals surface area contributed by atoms with E-state index in [9.17, 15) is 0 Å². The summed E-state index contributed by atoms with van der Waals surface area (Å²) in [5, 5.41) is 4.05. The van der Waals surface area contributed by atoms with Gasteiger partial charge in [-0.05, 0) is 37.9 Å². The van der Waals surface area contributed by atoms with Crippen molar-refractivity contribution in [2.24, 2.45) is 0 Å². The molecule has 2 heterocycles. The summed E-state index contributed by atoms with van der Waals surface area (Å²) in [6, 6.07) is 1.94. The van der Waals surface area contributed by atoms with E-state index < -0.39 is 0 Å². The second-order valence-electron chi connectivity index (χ2n) is 4.30. The molecule has 0 spiro atoms. The maximum absolute atomic E-state index is 5.93. The molecule has 1 fully saturated rings. The zero-order valence-electron chi connectivity index (χ0n) is 10.1. The van der Waals surface area contributed by atoms with Gasteiger partial charge in [0.05, 0.1) is 10.7 Å². The molecule has 96 valence electrons. The van der Waals surface area contributed by atoms with E-state index in [0.29, 0.717) is 5.02 Å². The van der Waals surface area contributed by atoms with Gasteiger partial charge in [-0.1, -0.05) is 11.6 Å². The molecule has 17 heavy (non-hydrogen) atoms. The summed E-state index contributed by atoms with van der Waals surface area (Å²) in [4.78, 5) is 4.45. The number of halogens is 2. The van der Waals surface area contributed by atoms with Crippen LogP contribution in [0.5, 0.6) is 0 Å². The molecule has 1 unspecified atom stereocenters. The Labute approximate surface area is 113 Å². The summed E-state index contributed by atoms with van der Waals surface area (Å²) >= 11 is 5.93. The number of aromatic nitrogens is 1. The van der Waals surface area contributed by atoms with Crippen LogP contribution in [0.1, 0.15) is 24.1 Å². The normalized spacial score (nSPS) is 24.2. The Balaban J connectivity index is 0.00000144. The molecule has 0 aromatic carbocycles. The maximum atomic E-state index is 5.93. The van der Waals surface area contributed by atoms with Crippen molar-refractivity contribution in [3.8, 4) is 0 Å². The molecule has 0 bridgehead atoms. The minimum absolute atomic E-state index is 0. The third-order valence-electron chi connectivity index (χ3n) is 3.21. The van der Waals surface area contributed by atoms with E-state index in [1.54, 1.807) is 13.3 Å². The van der Waals surface area contributed by atoms with Crippen molar-refractivity contribution in [1.82, 2.24) is 10.3 Å². The Morgan fingerprint density at radius 1 is 1.53 bits per heavy atom. The van der Waals surface area contributed by atoms with Crippen LogP contribution in [0.2, 0.25) is 5.02 Å². The second-order valence-corrected chi connectivity index (χ2v) is 4.73. The number of ether oxygens (including phenoxy) is 1. The Hall–Kier alpha value is -0.350. The van der Waals surface area contributed by atoms with Gasteiger partial charge in [-0.15, -0.1) is 12.4 Å². The van der Waals surface area contributed by atoms with Gasteiger partial charge in [0.15, 0.2) is 0 Å². The fourth-order valence-electron chi connectivity index (χ4n) is 2.37. The molecule has 0 radical (unpaired) electrons. The molecule has 0 aliphatic carbocycles. The average molecular weight is 277 g/mol. The van der Waals surface area contributed by atoms with Gasteiger partial charge in [0.1, 0.15) is 5.60 Å². The van der Waals surface area contributed by atoms with Gasteiger partial charge in [0, 0.05) is 19.9 Å². The lowest BCUT2D eigenvalue weighted by molar-refractivity contribution is -0.0372. The van der Waals surface area contributed by atoms with Crippen molar-refractivity contribution < 1.29 is 4.74 Å². The minimum Gasteiger partial charge on any atom is -0.371 e. The zero-order chi connectivity index (χ0) is 11.6. The van der Waals surface area contributed by atoms with Crippen LogP contribution in [0.4, 0.5) is 0 Å². The molecule has 1 aromatic rings. The van der Waals surface area contributed by atoms with Crippen LogP contribution < -0.4 is 5.32 Å². The highest BCUT2D eigenvalue weighted by Crippen LogP contribution is 2.33. The van der Waals surface area contributed by atoms with Gasteiger partial charge in [0.25, 0.3) is 0 Å². The molecule has 3 nitrogen and oxygen atoms in total. The van der Waals surface area contributed by atoms with Crippen LogP contribution in [-0.4, -0.2) is 25.2 Å². The molecule has 2 rings (SSSR count). The molecule has 1 saturated heterocycles. The lowest BCUT2D eigenvalue weighted by Crippen LogP contribution is -2.45. The Bertz CT molecular complexity index is 379. The number of methoxy groups -OCH3 is 1. The Morgan fingerprint density at radius 2 is 2.29 bits per heavy atom. The predicted molar refractivity (Wildman–Crippen MR) is 72.0 cm³/mol. The van der Waals surface area contributed by atoms with E-state index in [0.717, 1.165) is 37.2 Å². The molecule has 1 aromatic heterocycles. The molecule has 0 saturated carbocycles. The number of hydrogen-bond donors (Lipinski definition) is 1. The largest absolute Gasteiger partial charge is 0.371 e.